The SMILES string of the molecule is COc1cc(CN2C(=S)NC3(CCCCC3)[C@H]3CCCC[C@]32O)cc(OC)c1OC. The highest BCUT2D eigenvalue weighted by molar-refractivity contribution is 7.80. The van der Waals surface area contributed by atoms with Crippen molar-refractivity contribution in [2.24, 2.45) is 5.92 Å². The first-order valence-corrected chi connectivity index (χ1v) is 11.5. The summed E-state index contributed by atoms with van der Waals surface area (Å²) >= 11 is 5.86. The Labute approximate surface area is 184 Å². The van der Waals surface area contributed by atoms with Gasteiger partial charge in [0, 0.05) is 18.0 Å². The van der Waals surface area contributed by atoms with Crippen LogP contribution in [-0.4, -0.2) is 47.7 Å². The molecule has 2 atom stereocenters. The van der Waals surface area contributed by atoms with Crippen LogP contribution in [0, 0.1) is 5.92 Å². The maximum Gasteiger partial charge on any atom is 0.203 e. The molecule has 0 aromatic heterocycles. The van der Waals surface area contributed by atoms with Crippen LogP contribution in [0.4, 0.5) is 0 Å². The first kappa shape index (κ1) is 21.5. The van der Waals surface area contributed by atoms with Gasteiger partial charge in [0.1, 0.15) is 5.72 Å². The lowest BCUT2D eigenvalue weighted by molar-refractivity contribution is -0.184. The molecule has 166 valence electrons. The smallest absolute Gasteiger partial charge is 0.203 e. The van der Waals surface area contributed by atoms with Crippen molar-refractivity contribution in [2.75, 3.05) is 21.3 Å². The molecule has 3 aliphatic rings. The second kappa shape index (κ2) is 8.42. The van der Waals surface area contributed by atoms with Crippen LogP contribution in [-0.2, 0) is 6.54 Å². The predicted molar refractivity (Wildman–Crippen MR) is 120 cm³/mol. The van der Waals surface area contributed by atoms with Gasteiger partial charge >= 0.3 is 0 Å². The summed E-state index contributed by atoms with van der Waals surface area (Å²) in [5.74, 6) is 1.98. The van der Waals surface area contributed by atoms with Crippen LogP contribution >= 0.6 is 12.2 Å². The van der Waals surface area contributed by atoms with Crippen molar-refractivity contribution in [3.63, 3.8) is 0 Å². The van der Waals surface area contributed by atoms with E-state index in [0.717, 1.165) is 37.7 Å². The van der Waals surface area contributed by atoms with Crippen LogP contribution < -0.4 is 19.5 Å². The number of ether oxygens (including phenoxy) is 3. The van der Waals surface area contributed by atoms with Crippen LogP contribution in [0.5, 0.6) is 17.2 Å². The molecule has 0 unspecified atom stereocenters. The molecule has 0 amide bonds. The number of hydrogen-bond acceptors (Lipinski definition) is 5. The van der Waals surface area contributed by atoms with E-state index in [1.54, 1.807) is 21.3 Å². The lowest BCUT2D eigenvalue weighted by Crippen LogP contribution is -2.75. The van der Waals surface area contributed by atoms with Crippen molar-refractivity contribution < 1.29 is 19.3 Å². The number of methoxy groups -OCH3 is 3. The summed E-state index contributed by atoms with van der Waals surface area (Å²) in [6.07, 6.45) is 9.86. The van der Waals surface area contributed by atoms with Crippen LogP contribution in [0.2, 0.25) is 0 Å². The molecule has 1 aromatic rings. The third-order valence-electron chi connectivity index (χ3n) is 7.39. The Morgan fingerprint density at radius 3 is 2.23 bits per heavy atom. The van der Waals surface area contributed by atoms with Gasteiger partial charge in [0.05, 0.1) is 21.3 Å². The van der Waals surface area contributed by atoms with E-state index in [0.29, 0.717) is 28.9 Å². The summed E-state index contributed by atoms with van der Waals surface area (Å²) < 4.78 is 16.5. The first-order valence-electron chi connectivity index (χ1n) is 11.1. The van der Waals surface area contributed by atoms with Crippen LogP contribution in [0.15, 0.2) is 12.1 Å². The molecule has 2 aliphatic carbocycles. The number of thiocarbonyl (C=S) groups is 1. The minimum absolute atomic E-state index is 0.0592. The van der Waals surface area contributed by atoms with E-state index in [-0.39, 0.29) is 11.5 Å². The highest BCUT2D eigenvalue weighted by atomic mass is 32.1. The van der Waals surface area contributed by atoms with E-state index in [2.05, 4.69) is 5.32 Å². The van der Waals surface area contributed by atoms with Crippen molar-refractivity contribution in [3.8, 4) is 17.2 Å². The fraction of sp³-hybridized carbons (Fsp3) is 0.696. The molecule has 2 N–H and O–H groups in total. The molecule has 1 aromatic carbocycles. The van der Waals surface area contributed by atoms with E-state index >= 15 is 0 Å². The van der Waals surface area contributed by atoms with Gasteiger partial charge in [0.25, 0.3) is 0 Å². The van der Waals surface area contributed by atoms with Crippen molar-refractivity contribution in [3.05, 3.63) is 17.7 Å². The fourth-order valence-corrected chi connectivity index (χ4v) is 6.42. The van der Waals surface area contributed by atoms with Crippen molar-refractivity contribution in [1.29, 1.82) is 0 Å². The van der Waals surface area contributed by atoms with Gasteiger partial charge in [-0.25, -0.2) is 0 Å². The zero-order chi connectivity index (χ0) is 21.4. The fourth-order valence-electron chi connectivity index (χ4n) is 6.00. The van der Waals surface area contributed by atoms with Crippen LogP contribution in [0.25, 0.3) is 0 Å². The summed E-state index contributed by atoms with van der Waals surface area (Å²) in [6, 6.07) is 3.88. The Kier molecular flexibility index (Phi) is 6.04. The number of rotatable bonds is 5. The van der Waals surface area contributed by atoms with E-state index in [4.69, 9.17) is 26.4 Å². The Bertz CT molecular complexity index is 770. The highest BCUT2D eigenvalue weighted by Gasteiger charge is 2.58. The van der Waals surface area contributed by atoms with Gasteiger partial charge in [-0.15, -0.1) is 0 Å². The van der Waals surface area contributed by atoms with Crippen LogP contribution in [0.1, 0.15) is 63.4 Å². The molecule has 0 radical (unpaired) electrons. The monoisotopic (exact) mass is 434 g/mol. The van der Waals surface area contributed by atoms with E-state index in [1.807, 2.05) is 17.0 Å². The average Bonchev–Trinajstić information content (AvgIpc) is 2.76. The summed E-state index contributed by atoms with van der Waals surface area (Å²) in [5.41, 5.74) is -0.0137. The number of aliphatic hydroxyl groups is 1. The van der Waals surface area contributed by atoms with Crippen molar-refractivity contribution in [1.82, 2.24) is 10.2 Å². The minimum atomic E-state index is -0.918. The molecule has 1 heterocycles. The number of nitrogens with zero attached hydrogens (tertiary/aromatic N) is 1. The molecular formula is C23H34N2O4S. The average molecular weight is 435 g/mol. The van der Waals surface area contributed by atoms with E-state index in [1.165, 1.54) is 25.7 Å². The minimum Gasteiger partial charge on any atom is -0.493 e. The van der Waals surface area contributed by atoms with Gasteiger partial charge in [0.15, 0.2) is 16.6 Å². The quantitative estimate of drug-likeness (QED) is 0.680. The Morgan fingerprint density at radius 1 is 1.00 bits per heavy atom. The summed E-state index contributed by atoms with van der Waals surface area (Å²) in [6.45, 7) is 0.492. The largest absolute Gasteiger partial charge is 0.493 e. The lowest BCUT2D eigenvalue weighted by Gasteiger charge is -2.61. The van der Waals surface area contributed by atoms with Crippen LogP contribution in [0.3, 0.4) is 0 Å². The van der Waals surface area contributed by atoms with Gasteiger partial charge in [0.2, 0.25) is 5.75 Å². The van der Waals surface area contributed by atoms with Gasteiger partial charge in [-0.1, -0.05) is 25.7 Å². The number of nitrogens with one attached hydrogen (secondary N) is 1. The third-order valence-corrected chi connectivity index (χ3v) is 7.71. The molecule has 3 fully saturated rings. The summed E-state index contributed by atoms with van der Waals surface area (Å²) in [4.78, 5) is 2.01. The number of hydrogen-bond donors (Lipinski definition) is 2. The second-order valence-corrected chi connectivity index (χ2v) is 9.33. The molecule has 0 bridgehead atoms. The standard InChI is InChI=1S/C23H34N2O4S/c1-27-17-13-16(14-18(28-2)20(17)29-3)15-25-21(30)24-22(10-6-4-7-11-22)19-9-5-8-12-23(19,25)26/h13-14,19,26H,4-12,15H2,1-3H3,(H,24,30)/t19-,23+/m1/s1. The Balaban J connectivity index is 1.68. The second-order valence-electron chi connectivity index (χ2n) is 8.94. The van der Waals surface area contributed by atoms with Crippen molar-refractivity contribution >= 4 is 17.3 Å². The third kappa shape index (κ3) is 3.50. The lowest BCUT2D eigenvalue weighted by atomic mass is 9.62. The Hall–Kier alpha value is -1.73. The molecule has 1 spiro atoms. The molecule has 1 aliphatic heterocycles. The van der Waals surface area contributed by atoms with Crippen molar-refractivity contribution in [2.45, 2.75) is 75.6 Å². The molecular weight excluding hydrogens is 400 g/mol. The molecule has 1 saturated heterocycles. The molecule has 4 rings (SSSR count). The number of benzene rings is 1. The topological polar surface area (TPSA) is 63.2 Å². The predicted octanol–water partition coefficient (Wildman–Crippen LogP) is 3.98. The van der Waals surface area contributed by atoms with Gasteiger partial charge in [-0.2, -0.15) is 0 Å². The first-order chi connectivity index (χ1) is 14.5. The molecule has 2 saturated carbocycles. The molecule has 6 nitrogen and oxygen atoms in total. The zero-order valence-electron chi connectivity index (χ0n) is 18.3. The number of fused-ring (bicyclic) bond motifs is 2. The zero-order valence-corrected chi connectivity index (χ0v) is 19.1. The van der Waals surface area contributed by atoms with Gasteiger partial charge in [-0.3, -0.25) is 0 Å². The summed E-state index contributed by atoms with van der Waals surface area (Å²) in [5, 5.41) is 16.4. The van der Waals surface area contributed by atoms with Gasteiger partial charge < -0.3 is 29.5 Å². The highest BCUT2D eigenvalue weighted by Crippen LogP contribution is 2.51. The normalized spacial score (nSPS) is 27.9. The maximum atomic E-state index is 12.1. The maximum absolute atomic E-state index is 12.1. The van der Waals surface area contributed by atoms with E-state index in [9.17, 15) is 5.11 Å². The molecule has 7 heteroatoms. The Morgan fingerprint density at radius 2 is 1.63 bits per heavy atom. The molecule has 30 heavy (non-hydrogen) atoms. The van der Waals surface area contributed by atoms with Gasteiger partial charge in [-0.05, 0) is 62.0 Å². The summed E-state index contributed by atoms with van der Waals surface area (Å²) in [7, 11) is 4.83. The van der Waals surface area contributed by atoms with E-state index < -0.39 is 5.72 Å².